The number of hydrogen-bond donors (Lipinski definition) is 1. The number of hydrogen-bond acceptors (Lipinski definition) is 4. The largest absolute Gasteiger partial charge is 0.452 e. The number of nitrogens with one attached hydrogen (secondary N) is 1. The Kier molecular flexibility index (Phi) is 6.35. The second-order valence-corrected chi connectivity index (χ2v) is 5.92. The average molecular weight is 332 g/mol. The van der Waals surface area contributed by atoms with E-state index >= 15 is 0 Å². The second-order valence-electron chi connectivity index (χ2n) is 5.92. The van der Waals surface area contributed by atoms with E-state index < -0.39 is 12.1 Å². The number of nitrogens with zero attached hydrogens (tertiary/aromatic N) is 1. The normalized spacial score (nSPS) is 15.2. The van der Waals surface area contributed by atoms with Gasteiger partial charge in [-0.2, -0.15) is 0 Å². The molecule has 24 heavy (non-hydrogen) atoms. The number of ether oxygens (including phenoxy) is 1. The van der Waals surface area contributed by atoms with Gasteiger partial charge in [-0.3, -0.25) is 14.4 Å². The Morgan fingerprint density at radius 2 is 2.00 bits per heavy atom. The molecule has 1 aliphatic rings. The quantitative estimate of drug-likeness (QED) is 0.773. The summed E-state index contributed by atoms with van der Waals surface area (Å²) in [6, 6.07) is 7.29. The van der Waals surface area contributed by atoms with Crippen LogP contribution in [0.1, 0.15) is 38.7 Å². The van der Waals surface area contributed by atoms with E-state index in [1.807, 2.05) is 31.2 Å². The zero-order valence-corrected chi connectivity index (χ0v) is 14.2. The number of amides is 2. The number of carbonyl (C=O) groups excluding carboxylic acids is 3. The Morgan fingerprint density at radius 3 is 2.58 bits per heavy atom. The Hall–Kier alpha value is -2.37. The molecule has 0 bridgehead atoms. The van der Waals surface area contributed by atoms with Crippen molar-refractivity contribution in [2.24, 2.45) is 0 Å². The lowest BCUT2D eigenvalue weighted by Crippen LogP contribution is -2.36. The first kappa shape index (κ1) is 18.0. The summed E-state index contributed by atoms with van der Waals surface area (Å²) in [4.78, 5) is 37.1. The van der Waals surface area contributed by atoms with Crippen molar-refractivity contribution in [3.8, 4) is 0 Å². The standard InChI is InChI=1S/C18H24N2O4/c1-3-10-19-18(23)13(2)24-17(22)12-14-6-8-15(9-7-14)20-11-4-5-16(20)21/h6-9,13H,3-5,10-12H2,1-2H3,(H,19,23). The highest BCUT2D eigenvalue weighted by molar-refractivity contribution is 5.95. The molecule has 0 saturated carbocycles. The van der Waals surface area contributed by atoms with Crippen LogP contribution in [0.15, 0.2) is 24.3 Å². The monoisotopic (exact) mass is 332 g/mol. The van der Waals surface area contributed by atoms with Crippen molar-refractivity contribution in [1.82, 2.24) is 5.32 Å². The lowest BCUT2D eigenvalue weighted by Gasteiger charge is -2.16. The molecule has 2 rings (SSSR count). The summed E-state index contributed by atoms with van der Waals surface area (Å²) in [5.74, 6) is -0.596. The van der Waals surface area contributed by atoms with Crippen LogP contribution in [0.3, 0.4) is 0 Å². The van der Waals surface area contributed by atoms with Gasteiger partial charge in [-0.15, -0.1) is 0 Å². The van der Waals surface area contributed by atoms with Gasteiger partial charge in [0, 0.05) is 25.2 Å². The minimum atomic E-state index is -0.800. The van der Waals surface area contributed by atoms with Crippen LogP contribution < -0.4 is 10.2 Å². The highest BCUT2D eigenvalue weighted by Gasteiger charge is 2.22. The van der Waals surface area contributed by atoms with Crippen LogP contribution in [0, 0.1) is 0 Å². The maximum Gasteiger partial charge on any atom is 0.311 e. The summed E-state index contributed by atoms with van der Waals surface area (Å²) in [5.41, 5.74) is 1.64. The molecular weight excluding hydrogens is 308 g/mol. The molecule has 1 unspecified atom stereocenters. The SMILES string of the molecule is CCCNC(=O)C(C)OC(=O)Cc1ccc(N2CCCC2=O)cc1. The fourth-order valence-electron chi connectivity index (χ4n) is 2.57. The number of anilines is 1. The Balaban J connectivity index is 1.85. The predicted molar refractivity (Wildman–Crippen MR) is 90.6 cm³/mol. The van der Waals surface area contributed by atoms with Gasteiger partial charge in [-0.1, -0.05) is 19.1 Å². The number of carbonyl (C=O) groups is 3. The van der Waals surface area contributed by atoms with E-state index in [1.54, 1.807) is 11.8 Å². The third-order valence-corrected chi connectivity index (χ3v) is 3.90. The lowest BCUT2D eigenvalue weighted by atomic mass is 10.1. The van der Waals surface area contributed by atoms with Gasteiger partial charge in [0.05, 0.1) is 6.42 Å². The Bertz CT molecular complexity index is 598. The van der Waals surface area contributed by atoms with Crippen molar-refractivity contribution in [1.29, 1.82) is 0 Å². The van der Waals surface area contributed by atoms with Crippen molar-refractivity contribution in [3.05, 3.63) is 29.8 Å². The van der Waals surface area contributed by atoms with Gasteiger partial charge in [-0.05, 0) is 37.5 Å². The molecule has 1 N–H and O–H groups in total. The smallest absolute Gasteiger partial charge is 0.311 e. The van der Waals surface area contributed by atoms with E-state index in [1.165, 1.54) is 0 Å². The first-order valence-corrected chi connectivity index (χ1v) is 8.37. The third-order valence-electron chi connectivity index (χ3n) is 3.90. The molecule has 1 aliphatic heterocycles. The van der Waals surface area contributed by atoms with Crippen LogP contribution in [-0.2, 0) is 25.5 Å². The molecule has 6 heteroatoms. The fraction of sp³-hybridized carbons (Fsp3) is 0.500. The zero-order valence-electron chi connectivity index (χ0n) is 14.2. The van der Waals surface area contributed by atoms with E-state index in [9.17, 15) is 14.4 Å². The Labute approximate surface area is 142 Å². The molecule has 0 aliphatic carbocycles. The van der Waals surface area contributed by atoms with Crippen molar-refractivity contribution < 1.29 is 19.1 Å². The van der Waals surface area contributed by atoms with E-state index in [0.29, 0.717) is 13.0 Å². The fourth-order valence-corrected chi connectivity index (χ4v) is 2.57. The number of esters is 1. The Morgan fingerprint density at radius 1 is 1.29 bits per heavy atom. The minimum Gasteiger partial charge on any atom is -0.452 e. The topological polar surface area (TPSA) is 75.7 Å². The molecule has 2 amide bonds. The van der Waals surface area contributed by atoms with Crippen LogP contribution in [0.2, 0.25) is 0 Å². The summed E-state index contributed by atoms with van der Waals surface area (Å²) in [5, 5.41) is 2.69. The number of rotatable bonds is 7. The zero-order chi connectivity index (χ0) is 17.5. The van der Waals surface area contributed by atoms with Crippen molar-refractivity contribution in [2.45, 2.75) is 45.6 Å². The van der Waals surface area contributed by atoms with E-state index in [2.05, 4.69) is 5.32 Å². The first-order valence-electron chi connectivity index (χ1n) is 8.37. The second kappa shape index (κ2) is 8.47. The van der Waals surface area contributed by atoms with E-state index in [0.717, 1.165) is 30.6 Å². The van der Waals surface area contributed by atoms with Gasteiger partial charge in [-0.25, -0.2) is 0 Å². The molecule has 1 saturated heterocycles. The third kappa shape index (κ3) is 4.81. The van der Waals surface area contributed by atoms with Crippen molar-refractivity contribution >= 4 is 23.5 Å². The van der Waals surface area contributed by atoms with Crippen LogP contribution in [-0.4, -0.2) is 37.0 Å². The average Bonchev–Trinajstić information content (AvgIpc) is 2.99. The van der Waals surface area contributed by atoms with Gasteiger partial charge in [0.2, 0.25) is 5.91 Å². The van der Waals surface area contributed by atoms with E-state index in [-0.39, 0.29) is 18.2 Å². The first-order chi connectivity index (χ1) is 11.5. The summed E-state index contributed by atoms with van der Waals surface area (Å²) in [6.07, 6.45) is 1.60. The lowest BCUT2D eigenvalue weighted by molar-refractivity contribution is -0.154. The molecule has 130 valence electrons. The highest BCUT2D eigenvalue weighted by Crippen LogP contribution is 2.21. The summed E-state index contributed by atoms with van der Waals surface area (Å²) in [7, 11) is 0. The molecule has 0 radical (unpaired) electrons. The van der Waals surface area contributed by atoms with Crippen LogP contribution >= 0.6 is 0 Å². The van der Waals surface area contributed by atoms with Crippen LogP contribution in [0.25, 0.3) is 0 Å². The minimum absolute atomic E-state index is 0.0968. The predicted octanol–water partition coefficient (Wildman–Crippen LogP) is 1.81. The molecule has 1 fully saturated rings. The molecular formula is C18H24N2O4. The van der Waals surface area contributed by atoms with Crippen molar-refractivity contribution in [2.75, 3.05) is 18.0 Å². The van der Waals surface area contributed by atoms with Gasteiger partial charge in [0.15, 0.2) is 6.10 Å². The van der Waals surface area contributed by atoms with Gasteiger partial charge < -0.3 is 15.0 Å². The molecule has 1 aromatic rings. The maximum atomic E-state index is 11.9. The van der Waals surface area contributed by atoms with Crippen LogP contribution in [0.4, 0.5) is 5.69 Å². The van der Waals surface area contributed by atoms with Gasteiger partial charge >= 0.3 is 5.97 Å². The van der Waals surface area contributed by atoms with Gasteiger partial charge in [0.25, 0.3) is 5.91 Å². The summed E-state index contributed by atoms with van der Waals surface area (Å²) >= 11 is 0. The highest BCUT2D eigenvalue weighted by atomic mass is 16.5. The molecule has 6 nitrogen and oxygen atoms in total. The summed E-state index contributed by atoms with van der Waals surface area (Å²) in [6.45, 7) is 4.82. The molecule has 0 aromatic heterocycles. The summed E-state index contributed by atoms with van der Waals surface area (Å²) < 4.78 is 5.14. The van der Waals surface area contributed by atoms with Gasteiger partial charge in [0.1, 0.15) is 0 Å². The van der Waals surface area contributed by atoms with E-state index in [4.69, 9.17) is 4.74 Å². The maximum absolute atomic E-state index is 11.9. The molecule has 1 aromatic carbocycles. The number of benzene rings is 1. The van der Waals surface area contributed by atoms with Crippen molar-refractivity contribution in [3.63, 3.8) is 0 Å². The van der Waals surface area contributed by atoms with Crippen LogP contribution in [0.5, 0.6) is 0 Å². The molecule has 0 spiro atoms. The molecule has 1 atom stereocenters. The molecule has 1 heterocycles.